The maximum Gasteiger partial charge on any atom is 0.410 e. The van der Waals surface area contributed by atoms with E-state index in [1.165, 1.54) is 86.8 Å². The molecule has 3 aliphatic rings. The zero-order chi connectivity index (χ0) is 76.3. The molecule has 7 heterocycles. The molecule has 108 heavy (non-hydrogen) atoms. The van der Waals surface area contributed by atoms with Crippen molar-refractivity contribution in [3.05, 3.63) is 195 Å². The number of benzene rings is 7. The number of halogens is 3. The van der Waals surface area contributed by atoms with Crippen molar-refractivity contribution >= 4 is 172 Å². The Hall–Kier alpha value is -10.1. The van der Waals surface area contributed by atoms with Gasteiger partial charge in [-0.2, -0.15) is 0 Å². The molecule has 11 aromatic rings. The van der Waals surface area contributed by atoms with Gasteiger partial charge in [0.15, 0.2) is 0 Å². The van der Waals surface area contributed by atoms with E-state index in [9.17, 15) is 44.4 Å². The first kappa shape index (κ1) is 83.5. The maximum absolute atomic E-state index is 13.2. The quantitative estimate of drug-likeness (QED) is 0.0494. The summed E-state index contributed by atoms with van der Waals surface area (Å²) in [6.45, 7) is 23.3. The lowest BCUT2D eigenvalue weighted by atomic mass is 10.2. The van der Waals surface area contributed by atoms with Crippen LogP contribution in [0.4, 0.5) is 49.4 Å². The standard InChI is InChI=1S/C25H30N4O5S.C18H20N4O2S.C17H23N3O2.C8H8ClNO3S.C8H8N2.2ClH/c1-18(30)26-20-5-8-22(9-6-20)35(32,33)29-12-11-19-17-21(7-10-23(19)29)27-13-15-28(16-14-27)24(31)34-25(2,3)4;19-15-1-4-17(5-2-15)25(23,24)22-10-7-14-13-16(3-6-18(14)22)21-11-8-20-9-12-21;1-17(2,3)22-16(21)20-10-8-19(9-11-20)14-4-5-15-13(12-14)6-7-18-15;1-6(11)10-7-2-4-8(5-3-7)14(9,12)13;9-7-1-2-8-6(5-7)3-4-10-8;;/h5-12,17H,13-16H2,1-4H3,(H,26,30);1-7,10,13,20H,8-9,11-12,19H2;4-7,12,18H,8-11H2,1-3H3;2-5H,1H3,(H,10,11);1-5,10H,9H2;2*1H. The van der Waals surface area contributed by atoms with Crippen molar-refractivity contribution < 1.29 is 53.9 Å². The minimum absolute atomic E-state index is 0. The van der Waals surface area contributed by atoms with E-state index in [0.29, 0.717) is 67.4 Å². The molecule has 0 radical (unpaired) electrons. The van der Waals surface area contributed by atoms with Crippen LogP contribution in [0.1, 0.15) is 55.4 Å². The van der Waals surface area contributed by atoms with E-state index in [-0.39, 0.29) is 63.5 Å². The van der Waals surface area contributed by atoms with Crippen LogP contribution >= 0.6 is 35.5 Å². The second-order valence-electron chi connectivity index (χ2n) is 27.4. The highest BCUT2D eigenvalue weighted by Crippen LogP contribution is 2.31. The average molecular weight is 1600 g/mol. The lowest BCUT2D eigenvalue weighted by Gasteiger charge is -2.36. The number of aromatic amines is 2. The van der Waals surface area contributed by atoms with E-state index >= 15 is 0 Å². The number of fused-ring (bicyclic) bond motifs is 4. The minimum atomic E-state index is -3.80. The van der Waals surface area contributed by atoms with Gasteiger partial charge in [0.1, 0.15) is 11.2 Å². The van der Waals surface area contributed by atoms with Crippen LogP contribution in [-0.4, -0.2) is 167 Å². The molecule has 0 unspecified atom stereocenters. The summed E-state index contributed by atoms with van der Waals surface area (Å²) in [4.78, 5) is 63.2. The van der Waals surface area contributed by atoms with Crippen LogP contribution in [0, 0.1) is 0 Å². The minimum Gasteiger partial charge on any atom is -0.444 e. The van der Waals surface area contributed by atoms with Crippen molar-refractivity contribution in [2.24, 2.45) is 0 Å². The van der Waals surface area contributed by atoms with Gasteiger partial charge in [-0.15, -0.1) is 24.8 Å². The van der Waals surface area contributed by atoms with Crippen molar-refractivity contribution in [3.63, 3.8) is 0 Å². The monoisotopic (exact) mass is 1590 g/mol. The Morgan fingerprint density at radius 2 is 0.778 bits per heavy atom. The van der Waals surface area contributed by atoms with E-state index in [4.69, 9.17) is 31.6 Å². The summed E-state index contributed by atoms with van der Waals surface area (Å²) in [5.74, 6) is -0.439. The predicted molar refractivity (Wildman–Crippen MR) is 435 cm³/mol. The highest BCUT2D eigenvalue weighted by molar-refractivity contribution is 8.13. The number of ether oxygens (including phenoxy) is 2. The Morgan fingerprint density at radius 1 is 0.426 bits per heavy atom. The van der Waals surface area contributed by atoms with Crippen LogP contribution in [0.5, 0.6) is 0 Å². The van der Waals surface area contributed by atoms with Crippen molar-refractivity contribution in [2.75, 3.05) is 115 Å². The number of rotatable bonds is 10. The van der Waals surface area contributed by atoms with Crippen molar-refractivity contribution in [3.8, 4) is 0 Å². The Morgan fingerprint density at radius 3 is 1.18 bits per heavy atom. The summed E-state index contributed by atoms with van der Waals surface area (Å²) in [6, 6.07) is 49.5. The number of piperazine rings is 3. The number of carbonyl (C=O) groups excluding carboxylic acids is 4. The number of hydrogen-bond donors (Lipinski definition) is 7. The summed E-state index contributed by atoms with van der Waals surface area (Å²) in [7, 11) is -6.03. The number of H-pyrrole nitrogens is 2. The van der Waals surface area contributed by atoms with Crippen molar-refractivity contribution in [1.29, 1.82) is 0 Å². The lowest BCUT2D eigenvalue weighted by Crippen LogP contribution is -2.50. The Bertz CT molecular complexity index is 5270. The highest BCUT2D eigenvalue weighted by atomic mass is 35.7. The van der Waals surface area contributed by atoms with Crippen LogP contribution in [0.2, 0.25) is 0 Å². The first-order chi connectivity index (χ1) is 50.2. The first-order valence-electron chi connectivity index (χ1n) is 34.3. The second kappa shape index (κ2) is 35.7. The molecule has 0 aliphatic carbocycles. The third kappa shape index (κ3) is 22.0. The molecule has 0 saturated carbocycles. The summed E-state index contributed by atoms with van der Waals surface area (Å²) in [5.41, 5.74) is 19.5. The molecular weight excluding hydrogens is 1500 g/mol. The second-order valence-corrected chi connectivity index (χ2v) is 33.6. The summed E-state index contributed by atoms with van der Waals surface area (Å²) >= 11 is 0. The van der Waals surface area contributed by atoms with Gasteiger partial charge in [0.25, 0.3) is 29.1 Å². The van der Waals surface area contributed by atoms with E-state index in [0.717, 1.165) is 78.1 Å². The van der Waals surface area contributed by atoms with Crippen LogP contribution in [0.3, 0.4) is 0 Å². The first-order valence-corrected chi connectivity index (χ1v) is 39.5. The molecule has 14 rings (SSSR count). The number of nitrogens with zero attached hydrogens (tertiary/aromatic N) is 7. The van der Waals surface area contributed by atoms with Gasteiger partial charge in [-0.3, -0.25) is 9.59 Å². The van der Waals surface area contributed by atoms with E-state index in [2.05, 4.69) is 70.9 Å². The van der Waals surface area contributed by atoms with Crippen molar-refractivity contribution in [1.82, 2.24) is 33.0 Å². The molecule has 4 aromatic heterocycles. The van der Waals surface area contributed by atoms with Gasteiger partial charge in [0.05, 0.1) is 25.7 Å². The fourth-order valence-corrected chi connectivity index (χ4v) is 15.4. The summed E-state index contributed by atoms with van der Waals surface area (Å²) < 4.78 is 87.5. The molecule has 3 saturated heterocycles. The number of amides is 4. The normalized spacial score (nSPS) is 14.1. The van der Waals surface area contributed by atoms with Crippen LogP contribution in [0.25, 0.3) is 43.6 Å². The van der Waals surface area contributed by atoms with Gasteiger partial charge >= 0.3 is 12.2 Å². The molecule has 26 nitrogen and oxygen atoms in total. The fourth-order valence-electron chi connectivity index (χ4n) is 11.9. The third-order valence-electron chi connectivity index (χ3n) is 17.1. The molecule has 9 N–H and O–H groups in total. The Labute approximate surface area is 646 Å². The largest absolute Gasteiger partial charge is 0.444 e. The number of hydrogen-bond acceptors (Lipinski definition) is 18. The number of nitrogen functional groups attached to an aromatic ring is 2. The highest BCUT2D eigenvalue weighted by Gasteiger charge is 2.29. The van der Waals surface area contributed by atoms with Crippen LogP contribution in [-0.2, 0) is 48.2 Å². The molecule has 4 amide bonds. The fraction of sp³-hybridized carbons (Fsp3) is 0.289. The summed E-state index contributed by atoms with van der Waals surface area (Å²) in [6.07, 6.45) is 6.50. The van der Waals surface area contributed by atoms with E-state index < -0.39 is 40.3 Å². The Kier molecular flexibility index (Phi) is 27.6. The third-order valence-corrected chi connectivity index (χ3v) is 21.9. The van der Waals surface area contributed by atoms with Crippen LogP contribution in [0.15, 0.2) is 209 Å². The van der Waals surface area contributed by atoms with Gasteiger partial charge < -0.3 is 71.4 Å². The topological polar surface area (TPSA) is 335 Å². The van der Waals surface area contributed by atoms with Gasteiger partial charge in [-0.25, -0.2) is 42.8 Å². The molecular formula is C76H91Cl3N14O12S3. The Balaban J connectivity index is 0.000000179. The van der Waals surface area contributed by atoms with E-state index in [1.807, 2.05) is 109 Å². The molecule has 3 aliphatic heterocycles. The predicted octanol–water partition coefficient (Wildman–Crippen LogP) is 13.2. The molecule has 3 fully saturated rings. The number of carbonyl (C=O) groups is 4. The maximum atomic E-state index is 13.2. The summed E-state index contributed by atoms with van der Waals surface area (Å²) in [5, 5.41) is 12.6. The smallest absolute Gasteiger partial charge is 0.410 e. The zero-order valence-corrected chi connectivity index (χ0v) is 65.9. The molecule has 576 valence electrons. The molecule has 32 heteroatoms. The van der Waals surface area contributed by atoms with E-state index in [1.54, 1.807) is 58.6 Å². The van der Waals surface area contributed by atoms with Crippen molar-refractivity contribution in [2.45, 2.75) is 81.3 Å². The zero-order valence-electron chi connectivity index (χ0n) is 61.1. The molecule has 7 aromatic carbocycles. The lowest BCUT2D eigenvalue weighted by molar-refractivity contribution is -0.115. The van der Waals surface area contributed by atoms with Gasteiger partial charge in [-0.1, -0.05) is 0 Å². The molecule has 0 atom stereocenters. The number of anilines is 7. The number of nitrogens with two attached hydrogens (primary N) is 2. The van der Waals surface area contributed by atoms with Crippen LogP contribution < -0.4 is 42.1 Å². The number of nitrogens with one attached hydrogen (secondary N) is 5. The van der Waals surface area contributed by atoms with Gasteiger partial charge in [0.2, 0.25) is 11.8 Å². The van der Waals surface area contributed by atoms with Gasteiger partial charge in [0, 0.05) is 200 Å². The van der Waals surface area contributed by atoms with Gasteiger partial charge in [-0.05, 0) is 211 Å². The average Bonchev–Trinajstić information content (AvgIpc) is 1.60. The molecule has 0 spiro atoms. The number of aromatic nitrogens is 4. The molecule has 0 bridgehead atoms. The SMILES string of the molecule is CC(=O)Nc1ccc(S(=O)(=O)Cl)cc1.CC(=O)Nc1ccc(S(=O)(=O)n2ccc3cc(N4CCN(C(=O)OC(C)(C)C)CC4)ccc32)cc1.CC(C)(C)OC(=O)N1CCN(c2ccc3[nH]ccc3c2)CC1.Cl.Cl.Nc1ccc(S(=O)(=O)n2ccc3cc(N4CCNCC4)ccc32)cc1.Nc1ccc2[nH]ccc2c1.